The predicted molar refractivity (Wildman–Crippen MR) is 109 cm³/mol. The monoisotopic (exact) mass is 427 g/mol. The van der Waals surface area contributed by atoms with Crippen molar-refractivity contribution in [3.8, 4) is 0 Å². The van der Waals surface area contributed by atoms with E-state index in [-0.39, 0.29) is 25.2 Å². The molecule has 0 aliphatic carbocycles. The van der Waals surface area contributed by atoms with Gasteiger partial charge in [0.2, 0.25) is 5.91 Å². The van der Waals surface area contributed by atoms with E-state index in [9.17, 15) is 14.2 Å². The molecular weight excluding hydrogens is 397 g/mol. The van der Waals surface area contributed by atoms with Crippen LogP contribution in [0.5, 0.6) is 0 Å². The highest BCUT2D eigenvalue weighted by molar-refractivity contribution is 7.62. The molecule has 0 radical (unpaired) electrons. The lowest BCUT2D eigenvalue weighted by Crippen LogP contribution is -2.52. The Balaban J connectivity index is 2.09. The van der Waals surface area contributed by atoms with E-state index in [4.69, 9.17) is 19.5 Å². The predicted octanol–water partition coefficient (Wildman–Crippen LogP) is 1.88. The molecule has 0 bridgehead atoms. The number of amides is 2. The number of hydrogen-bond acceptors (Lipinski definition) is 7. The fourth-order valence-electron chi connectivity index (χ4n) is 3.08. The molecule has 2 rings (SSSR count). The second-order valence-electron chi connectivity index (χ2n) is 6.42. The van der Waals surface area contributed by atoms with E-state index in [2.05, 4.69) is 0 Å². The number of nitrogens with two attached hydrogens (primary N) is 1. The lowest BCUT2D eigenvalue weighted by molar-refractivity contribution is -0.134. The normalized spacial score (nSPS) is 15.9. The summed E-state index contributed by atoms with van der Waals surface area (Å²) >= 11 is 0. The van der Waals surface area contributed by atoms with Crippen LogP contribution >= 0.6 is 7.60 Å². The average molecular weight is 427 g/mol. The molecule has 2 N–H and O–H groups in total. The van der Waals surface area contributed by atoms with Gasteiger partial charge in [-0.1, -0.05) is 12.1 Å². The Labute approximate surface area is 171 Å². The Morgan fingerprint density at radius 2 is 1.62 bits per heavy atom. The molecule has 1 atom stereocenters. The molecule has 0 saturated carbocycles. The number of nitrogens with zero attached hydrogens (tertiary/aromatic N) is 2. The van der Waals surface area contributed by atoms with Gasteiger partial charge in [0.15, 0.2) is 0 Å². The van der Waals surface area contributed by atoms with Gasteiger partial charge in [-0.25, -0.2) is 4.79 Å². The molecular formula is C19H30N3O6P. The topological polar surface area (TPSA) is 111 Å². The molecule has 1 heterocycles. The summed E-state index contributed by atoms with van der Waals surface area (Å²) in [6.07, 6.45) is -0.376. The number of rotatable bonds is 8. The fourth-order valence-corrected chi connectivity index (χ4v) is 4.71. The molecule has 0 aromatic heterocycles. The van der Waals surface area contributed by atoms with Gasteiger partial charge < -0.3 is 29.3 Å². The molecule has 1 unspecified atom stereocenters. The van der Waals surface area contributed by atoms with E-state index >= 15 is 0 Å². The van der Waals surface area contributed by atoms with Crippen LogP contribution in [0.2, 0.25) is 0 Å². The number of ether oxygens (including phenoxy) is 1. The third-order valence-corrected chi connectivity index (χ3v) is 6.63. The Kier molecular flexibility index (Phi) is 8.64. The summed E-state index contributed by atoms with van der Waals surface area (Å²) in [4.78, 5) is 27.8. The molecule has 1 aromatic carbocycles. The summed E-state index contributed by atoms with van der Waals surface area (Å²) in [5.41, 5.74) is 6.73. The van der Waals surface area contributed by atoms with Crippen molar-refractivity contribution in [2.75, 3.05) is 46.0 Å². The molecule has 0 spiro atoms. The van der Waals surface area contributed by atoms with Crippen molar-refractivity contribution in [3.05, 3.63) is 29.8 Å². The van der Waals surface area contributed by atoms with Crippen LogP contribution in [0.15, 0.2) is 24.3 Å². The Hall–Kier alpha value is -1.93. The summed E-state index contributed by atoms with van der Waals surface area (Å²) in [6.45, 7) is 7.54. The van der Waals surface area contributed by atoms with Gasteiger partial charge in [-0.05, 0) is 38.5 Å². The zero-order valence-corrected chi connectivity index (χ0v) is 18.1. The standard InChI is InChI=1S/C19H30N3O6P/c1-4-26-19(24)22-12-10-21(11-13-22)18(23)17(20)15-8-7-9-16(14-15)29(25,27-5-2)28-6-3/h7-9,14,17H,4-6,10-13,20H2,1-3H3. The molecule has 2 amide bonds. The lowest BCUT2D eigenvalue weighted by Gasteiger charge is -2.35. The van der Waals surface area contributed by atoms with Crippen LogP contribution in [0.25, 0.3) is 0 Å². The van der Waals surface area contributed by atoms with Crippen molar-refractivity contribution >= 4 is 24.9 Å². The maximum atomic E-state index is 13.0. The fraction of sp³-hybridized carbons (Fsp3) is 0.579. The minimum atomic E-state index is -3.47. The average Bonchev–Trinajstić information content (AvgIpc) is 2.73. The molecule has 10 heteroatoms. The Morgan fingerprint density at radius 3 is 2.17 bits per heavy atom. The highest BCUT2D eigenvalue weighted by Gasteiger charge is 2.31. The molecule has 1 saturated heterocycles. The maximum absolute atomic E-state index is 13.0. The van der Waals surface area contributed by atoms with E-state index in [1.807, 2.05) is 0 Å². The minimum Gasteiger partial charge on any atom is -0.450 e. The highest BCUT2D eigenvalue weighted by atomic mass is 31.2. The second kappa shape index (κ2) is 10.7. The van der Waals surface area contributed by atoms with Crippen LogP contribution < -0.4 is 11.0 Å². The summed E-state index contributed by atoms with van der Waals surface area (Å²) in [6, 6.07) is 5.72. The first-order chi connectivity index (χ1) is 13.9. The first-order valence-corrected chi connectivity index (χ1v) is 11.4. The van der Waals surface area contributed by atoms with Crippen LogP contribution in [-0.2, 0) is 23.1 Å². The van der Waals surface area contributed by atoms with Crippen molar-refractivity contribution < 1.29 is 27.9 Å². The zero-order valence-electron chi connectivity index (χ0n) is 17.2. The van der Waals surface area contributed by atoms with Crippen LogP contribution in [0.1, 0.15) is 32.4 Å². The van der Waals surface area contributed by atoms with Gasteiger partial charge in [-0.15, -0.1) is 0 Å². The highest BCUT2D eigenvalue weighted by Crippen LogP contribution is 2.47. The van der Waals surface area contributed by atoms with Crippen molar-refractivity contribution in [1.82, 2.24) is 9.80 Å². The van der Waals surface area contributed by atoms with Gasteiger partial charge in [0.25, 0.3) is 0 Å². The number of carbonyl (C=O) groups excluding carboxylic acids is 2. The minimum absolute atomic E-state index is 0.233. The quantitative estimate of drug-likeness (QED) is 0.631. The first-order valence-electron chi connectivity index (χ1n) is 9.82. The van der Waals surface area contributed by atoms with Crippen molar-refractivity contribution in [2.45, 2.75) is 26.8 Å². The van der Waals surface area contributed by atoms with Gasteiger partial charge in [0.05, 0.1) is 25.1 Å². The van der Waals surface area contributed by atoms with Gasteiger partial charge in [0.1, 0.15) is 6.04 Å². The Bertz CT molecular complexity index is 741. The Morgan fingerprint density at radius 1 is 1.03 bits per heavy atom. The number of carbonyl (C=O) groups is 2. The van der Waals surface area contributed by atoms with Crippen molar-refractivity contribution in [1.29, 1.82) is 0 Å². The van der Waals surface area contributed by atoms with Crippen molar-refractivity contribution in [2.24, 2.45) is 5.73 Å². The molecule has 9 nitrogen and oxygen atoms in total. The summed E-state index contributed by atoms with van der Waals surface area (Å²) in [5.74, 6) is -0.256. The largest absolute Gasteiger partial charge is 0.450 e. The first kappa shape index (κ1) is 23.3. The van der Waals surface area contributed by atoms with Gasteiger partial charge in [-0.2, -0.15) is 0 Å². The van der Waals surface area contributed by atoms with Crippen LogP contribution in [0.3, 0.4) is 0 Å². The molecule has 29 heavy (non-hydrogen) atoms. The summed E-state index contributed by atoms with van der Waals surface area (Å²) in [5, 5.41) is 0.370. The number of piperazine rings is 1. The zero-order chi connectivity index (χ0) is 21.4. The number of hydrogen-bond donors (Lipinski definition) is 1. The molecule has 1 aromatic rings. The van der Waals surface area contributed by atoms with Gasteiger partial charge in [-0.3, -0.25) is 9.36 Å². The molecule has 1 aliphatic rings. The third-order valence-electron chi connectivity index (χ3n) is 4.53. The second-order valence-corrected chi connectivity index (χ2v) is 8.44. The SMILES string of the molecule is CCOC(=O)N1CCN(C(=O)C(N)c2cccc(P(=O)(OCC)OCC)c2)CC1. The van der Waals surface area contributed by atoms with Crippen LogP contribution in [-0.4, -0.2) is 67.8 Å². The van der Waals surface area contributed by atoms with E-state index in [0.717, 1.165) is 0 Å². The third kappa shape index (κ3) is 5.79. The molecule has 1 fully saturated rings. The smallest absolute Gasteiger partial charge is 0.409 e. The maximum Gasteiger partial charge on any atom is 0.409 e. The molecule has 162 valence electrons. The summed E-state index contributed by atoms with van der Waals surface area (Å²) < 4.78 is 28.7. The summed E-state index contributed by atoms with van der Waals surface area (Å²) in [7, 11) is -3.47. The number of benzene rings is 1. The van der Waals surface area contributed by atoms with E-state index in [1.54, 1.807) is 54.8 Å². The van der Waals surface area contributed by atoms with Crippen LogP contribution in [0, 0.1) is 0 Å². The lowest BCUT2D eigenvalue weighted by atomic mass is 10.1. The van der Waals surface area contributed by atoms with E-state index in [1.165, 1.54) is 0 Å². The van der Waals surface area contributed by atoms with Gasteiger partial charge >= 0.3 is 13.7 Å². The van der Waals surface area contributed by atoms with E-state index in [0.29, 0.717) is 43.7 Å². The van der Waals surface area contributed by atoms with E-state index < -0.39 is 13.6 Å². The van der Waals surface area contributed by atoms with Gasteiger partial charge in [0, 0.05) is 26.2 Å². The van der Waals surface area contributed by atoms with Crippen molar-refractivity contribution in [3.63, 3.8) is 0 Å². The van der Waals surface area contributed by atoms with Crippen LogP contribution in [0.4, 0.5) is 4.79 Å². The molecule has 1 aliphatic heterocycles.